The Bertz CT molecular complexity index is 1580. The maximum absolute atomic E-state index is 10.1. The molecule has 5 aromatic rings. The van der Waals surface area contributed by atoms with Crippen LogP contribution in [-0.2, 0) is 11.4 Å². The Morgan fingerprint density at radius 2 is 2.06 bits per heavy atom. The molecule has 0 spiro atoms. The van der Waals surface area contributed by atoms with Crippen LogP contribution in [0.5, 0.6) is 23.1 Å². The van der Waals surface area contributed by atoms with Crippen LogP contribution < -0.4 is 9.47 Å². The number of nitrogens with zero attached hydrogens (tertiary/aromatic N) is 5. The monoisotopic (exact) mass is 499 g/mol. The topological polar surface area (TPSA) is 103 Å². The average Bonchev–Trinajstić information content (AvgIpc) is 3.57. The predicted octanol–water partition coefficient (Wildman–Crippen LogP) is 5.13. The molecule has 180 valence electrons. The summed E-state index contributed by atoms with van der Waals surface area (Å²) in [5.74, 6) is 2.05. The number of thiophene rings is 1. The van der Waals surface area contributed by atoms with Gasteiger partial charge in [0.25, 0.3) is 0 Å². The minimum absolute atomic E-state index is 0.109. The molecule has 0 bridgehead atoms. The molecule has 10 heteroatoms. The number of benzene rings is 2. The van der Waals surface area contributed by atoms with Gasteiger partial charge in [0.1, 0.15) is 23.6 Å². The molecule has 0 radical (unpaired) electrons. The lowest BCUT2D eigenvalue weighted by Gasteiger charge is -2.28. The Balaban J connectivity index is 1.40. The highest BCUT2D eigenvalue weighted by molar-refractivity contribution is 7.12. The first-order chi connectivity index (χ1) is 17.6. The smallest absolute Gasteiger partial charge is 0.228 e. The molecule has 1 atom stereocenters. The summed E-state index contributed by atoms with van der Waals surface area (Å²) in [7, 11) is 1.63. The van der Waals surface area contributed by atoms with E-state index in [2.05, 4.69) is 15.2 Å². The van der Waals surface area contributed by atoms with Crippen LogP contribution in [0.1, 0.15) is 40.2 Å². The van der Waals surface area contributed by atoms with E-state index in [0.29, 0.717) is 23.1 Å². The van der Waals surface area contributed by atoms with E-state index in [-0.39, 0.29) is 18.3 Å². The molecule has 2 aromatic carbocycles. The first-order valence-corrected chi connectivity index (χ1v) is 12.1. The Labute approximate surface area is 210 Å². The van der Waals surface area contributed by atoms with Crippen LogP contribution in [0.3, 0.4) is 0 Å². The molecular weight excluding hydrogens is 478 g/mol. The van der Waals surface area contributed by atoms with E-state index in [1.165, 1.54) is 0 Å². The third-order valence-electron chi connectivity index (χ3n) is 5.96. The van der Waals surface area contributed by atoms with Gasteiger partial charge in [-0.05, 0) is 42.1 Å². The van der Waals surface area contributed by atoms with Gasteiger partial charge >= 0.3 is 0 Å². The molecule has 0 saturated carbocycles. The van der Waals surface area contributed by atoms with Crippen LogP contribution >= 0.6 is 11.3 Å². The standard InChI is InChI=1S/C26H21N5O4S/c1-15(21-4-3-11-36-21)30-34-13-22-28-25-24-23(16-5-8-18(33-2)9-6-16)19-10-7-17(32)12-20(19)35-26(24)27-14-31(25)29-22/h3-12,14,23,32H,13H2,1-2H3. The second kappa shape index (κ2) is 8.97. The minimum Gasteiger partial charge on any atom is -0.508 e. The van der Waals surface area contributed by atoms with Crippen molar-refractivity contribution in [3.05, 3.63) is 93.7 Å². The summed E-state index contributed by atoms with van der Waals surface area (Å²) in [6, 6.07) is 16.9. The highest BCUT2D eigenvalue weighted by Crippen LogP contribution is 2.48. The fraction of sp³-hybridized carbons (Fsp3) is 0.154. The van der Waals surface area contributed by atoms with Gasteiger partial charge in [-0.3, -0.25) is 0 Å². The number of aromatic hydroxyl groups is 1. The lowest BCUT2D eigenvalue weighted by molar-refractivity contribution is 0.125. The fourth-order valence-electron chi connectivity index (χ4n) is 4.27. The lowest BCUT2D eigenvalue weighted by Crippen LogP contribution is -2.15. The van der Waals surface area contributed by atoms with E-state index in [1.807, 2.05) is 54.8 Å². The van der Waals surface area contributed by atoms with Crippen molar-refractivity contribution in [3.63, 3.8) is 0 Å². The number of oxime groups is 1. The van der Waals surface area contributed by atoms with Crippen LogP contribution in [0.25, 0.3) is 5.65 Å². The minimum atomic E-state index is -0.247. The second-order valence-corrected chi connectivity index (χ2v) is 9.17. The van der Waals surface area contributed by atoms with Gasteiger partial charge in [-0.2, -0.15) is 0 Å². The molecule has 0 saturated heterocycles. The maximum atomic E-state index is 10.1. The van der Waals surface area contributed by atoms with Crippen molar-refractivity contribution in [2.24, 2.45) is 5.16 Å². The summed E-state index contributed by atoms with van der Waals surface area (Å²) in [6.07, 6.45) is 1.56. The molecule has 4 heterocycles. The Morgan fingerprint density at radius 1 is 1.19 bits per heavy atom. The van der Waals surface area contributed by atoms with Crippen LogP contribution in [0.4, 0.5) is 0 Å². The summed E-state index contributed by atoms with van der Waals surface area (Å²) in [5, 5.41) is 20.8. The van der Waals surface area contributed by atoms with Crippen LogP contribution in [-0.4, -0.2) is 37.5 Å². The van der Waals surface area contributed by atoms with Crippen molar-refractivity contribution in [2.75, 3.05) is 7.11 Å². The van der Waals surface area contributed by atoms with Crippen LogP contribution in [0, 0.1) is 0 Å². The van der Waals surface area contributed by atoms with Crippen molar-refractivity contribution in [1.29, 1.82) is 0 Å². The van der Waals surface area contributed by atoms with E-state index < -0.39 is 0 Å². The molecule has 0 amide bonds. The molecular formula is C26H21N5O4S. The second-order valence-electron chi connectivity index (χ2n) is 8.22. The van der Waals surface area contributed by atoms with E-state index in [9.17, 15) is 5.11 Å². The number of aromatic nitrogens is 4. The van der Waals surface area contributed by atoms with E-state index in [0.717, 1.165) is 33.0 Å². The summed E-state index contributed by atoms with van der Waals surface area (Å²) in [5.41, 5.74) is 4.06. The zero-order valence-electron chi connectivity index (χ0n) is 19.5. The highest BCUT2D eigenvalue weighted by atomic mass is 32.1. The third-order valence-corrected chi connectivity index (χ3v) is 6.93. The van der Waals surface area contributed by atoms with Crippen molar-refractivity contribution in [1.82, 2.24) is 19.6 Å². The number of fused-ring (bicyclic) bond motifs is 4. The van der Waals surface area contributed by atoms with E-state index in [4.69, 9.17) is 19.3 Å². The number of phenols is 1. The lowest BCUT2D eigenvalue weighted by atomic mass is 9.84. The highest BCUT2D eigenvalue weighted by Gasteiger charge is 2.33. The number of hydrogen-bond acceptors (Lipinski definition) is 9. The molecule has 0 aliphatic carbocycles. The van der Waals surface area contributed by atoms with Crippen molar-refractivity contribution in [2.45, 2.75) is 19.4 Å². The molecule has 0 fully saturated rings. The summed E-state index contributed by atoms with van der Waals surface area (Å²) < 4.78 is 13.1. The number of rotatable bonds is 6. The first kappa shape index (κ1) is 22.1. The normalized spacial score (nSPS) is 14.7. The molecule has 36 heavy (non-hydrogen) atoms. The molecule has 9 nitrogen and oxygen atoms in total. The summed E-state index contributed by atoms with van der Waals surface area (Å²) in [4.78, 5) is 15.8. The Morgan fingerprint density at radius 3 is 2.83 bits per heavy atom. The van der Waals surface area contributed by atoms with Gasteiger partial charge < -0.3 is 19.4 Å². The van der Waals surface area contributed by atoms with Gasteiger partial charge in [-0.1, -0.05) is 29.4 Å². The molecule has 1 unspecified atom stereocenters. The molecule has 1 aliphatic rings. The number of phenolic OH excluding ortho intramolecular Hbond substituents is 1. The van der Waals surface area contributed by atoms with Gasteiger partial charge in [0.2, 0.25) is 5.88 Å². The van der Waals surface area contributed by atoms with Crippen molar-refractivity contribution in [3.8, 4) is 23.1 Å². The van der Waals surface area contributed by atoms with Gasteiger partial charge in [0, 0.05) is 17.5 Å². The zero-order chi connectivity index (χ0) is 24.6. The summed E-state index contributed by atoms with van der Waals surface area (Å²) >= 11 is 1.60. The van der Waals surface area contributed by atoms with Gasteiger partial charge in [0.05, 0.1) is 23.3 Å². The maximum Gasteiger partial charge on any atom is 0.228 e. The van der Waals surface area contributed by atoms with Crippen LogP contribution in [0.15, 0.2) is 71.5 Å². The zero-order valence-corrected chi connectivity index (χ0v) is 20.3. The number of hydrogen-bond donors (Lipinski definition) is 1. The van der Waals surface area contributed by atoms with E-state index in [1.54, 1.807) is 41.4 Å². The molecule has 1 aliphatic heterocycles. The van der Waals surface area contributed by atoms with Gasteiger partial charge in [-0.25, -0.2) is 14.5 Å². The number of ether oxygens (including phenoxy) is 2. The van der Waals surface area contributed by atoms with Crippen molar-refractivity contribution >= 4 is 22.7 Å². The summed E-state index contributed by atoms with van der Waals surface area (Å²) in [6.45, 7) is 2.01. The number of methoxy groups -OCH3 is 1. The fourth-order valence-corrected chi connectivity index (χ4v) is 4.94. The van der Waals surface area contributed by atoms with Gasteiger partial charge in [-0.15, -0.1) is 16.4 Å². The largest absolute Gasteiger partial charge is 0.508 e. The Kier molecular flexibility index (Phi) is 5.49. The van der Waals surface area contributed by atoms with Crippen LogP contribution in [0.2, 0.25) is 0 Å². The van der Waals surface area contributed by atoms with E-state index >= 15 is 0 Å². The Hall–Kier alpha value is -4.44. The third kappa shape index (κ3) is 3.91. The SMILES string of the molecule is COc1ccc(C2c3ccc(O)cc3Oc3ncn4nc(CON=C(C)c5cccs5)nc4c32)cc1. The average molecular weight is 500 g/mol. The predicted molar refractivity (Wildman–Crippen MR) is 134 cm³/mol. The quantitative estimate of drug-likeness (QED) is 0.250. The van der Waals surface area contributed by atoms with Crippen molar-refractivity contribution < 1.29 is 19.4 Å². The molecule has 1 N–H and O–H groups in total. The van der Waals surface area contributed by atoms with Gasteiger partial charge in [0.15, 0.2) is 18.1 Å². The molecule has 6 rings (SSSR count). The first-order valence-electron chi connectivity index (χ1n) is 11.2. The molecule has 3 aromatic heterocycles.